The number of nitrogens with one attached hydrogen (secondary N) is 3. The molecule has 0 radical (unpaired) electrons. The number of carbonyl (C=O) groups excluding carboxylic acids is 2. The van der Waals surface area contributed by atoms with Crippen molar-refractivity contribution >= 4 is 23.2 Å². The third kappa shape index (κ3) is 4.21. The van der Waals surface area contributed by atoms with E-state index in [2.05, 4.69) is 25.8 Å². The molecule has 1 atom stereocenters. The van der Waals surface area contributed by atoms with Crippen LogP contribution in [-0.2, 0) is 4.79 Å². The van der Waals surface area contributed by atoms with Crippen molar-refractivity contribution in [2.24, 2.45) is 0 Å². The number of benzene rings is 1. The average molecular weight is 379 g/mol. The summed E-state index contributed by atoms with van der Waals surface area (Å²) in [5.74, 6) is -0.407. The Balaban J connectivity index is 1.43. The highest BCUT2D eigenvalue weighted by molar-refractivity contribution is 6.05. The van der Waals surface area contributed by atoms with Gasteiger partial charge >= 0.3 is 0 Å². The zero-order valence-corrected chi connectivity index (χ0v) is 15.9. The van der Waals surface area contributed by atoms with Crippen LogP contribution in [0.25, 0.3) is 0 Å². The van der Waals surface area contributed by atoms with E-state index < -0.39 is 0 Å². The van der Waals surface area contributed by atoms with Crippen molar-refractivity contribution in [3.63, 3.8) is 0 Å². The Morgan fingerprint density at radius 2 is 1.93 bits per heavy atom. The van der Waals surface area contributed by atoms with Crippen LogP contribution < -0.4 is 16.0 Å². The highest BCUT2D eigenvalue weighted by Gasteiger charge is 2.31. The summed E-state index contributed by atoms with van der Waals surface area (Å²) in [5.41, 5.74) is 2.75. The van der Waals surface area contributed by atoms with Gasteiger partial charge in [-0.1, -0.05) is 6.07 Å². The van der Waals surface area contributed by atoms with Gasteiger partial charge in [-0.3, -0.25) is 19.5 Å². The second kappa shape index (κ2) is 8.08. The van der Waals surface area contributed by atoms with Gasteiger partial charge < -0.3 is 16.0 Å². The molecular weight excluding hydrogens is 354 g/mol. The minimum absolute atomic E-state index is 0.172. The van der Waals surface area contributed by atoms with Gasteiger partial charge in [-0.15, -0.1) is 0 Å². The predicted molar refractivity (Wildman–Crippen MR) is 108 cm³/mol. The van der Waals surface area contributed by atoms with E-state index in [9.17, 15) is 9.59 Å². The Morgan fingerprint density at radius 3 is 2.64 bits per heavy atom. The molecule has 1 aromatic heterocycles. The number of aromatic nitrogens is 1. The first-order valence-corrected chi connectivity index (χ1v) is 9.71. The van der Waals surface area contributed by atoms with Gasteiger partial charge in [0.25, 0.3) is 5.91 Å². The summed E-state index contributed by atoms with van der Waals surface area (Å²) in [6.45, 7) is 4.56. The number of rotatable bonds is 4. The van der Waals surface area contributed by atoms with Crippen molar-refractivity contribution in [3.8, 4) is 0 Å². The number of anilines is 2. The first kappa shape index (κ1) is 18.6. The lowest BCUT2D eigenvalue weighted by Crippen LogP contribution is -2.35. The van der Waals surface area contributed by atoms with Crippen molar-refractivity contribution < 1.29 is 9.59 Å². The highest BCUT2D eigenvalue weighted by atomic mass is 16.2. The molecule has 0 spiro atoms. The third-order valence-corrected chi connectivity index (χ3v) is 5.40. The molecule has 5 rings (SSSR count). The zero-order valence-electron chi connectivity index (χ0n) is 15.9. The monoisotopic (exact) mass is 379 g/mol. The maximum Gasteiger partial charge on any atom is 0.255 e. The number of pyridine rings is 1. The van der Waals surface area contributed by atoms with Gasteiger partial charge in [0.05, 0.1) is 23.6 Å². The van der Waals surface area contributed by atoms with E-state index in [1.54, 1.807) is 30.5 Å². The number of amides is 2. The van der Waals surface area contributed by atoms with E-state index in [1.807, 2.05) is 12.1 Å². The molecule has 3 aliphatic rings. The standard InChI is InChI=1S/C21H25N5O2/c1-14(27)24-17-4-2-3-15(11-17)21(28)25-18-5-6-19(23-12-18)20-13-22-16-7-9-26(20)10-8-16/h2-6,11-12,16,20,22H,7-10,13H2,1H3,(H,24,27)(H,25,28). The largest absolute Gasteiger partial charge is 0.326 e. The number of nitrogens with zero attached hydrogens (tertiary/aromatic N) is 2. The van der Waals surface area contributed by atoms with Crippen molar-refractivity contribution in [3.05, 3.63) is 53.9 Å². The molecule has 1 aromatic carbocycles. The highest BCUT2D eigenvalue weighted by Crippen LogP contribution is 2.27. The molecule has 4 heterocycles. The average Bonchev–Trinajstić information content (AvgIpc) is 3.02. The van der Waals surface area contributed by atoms with Crippen molar-refractivity contribution in [2.75, 3.05) is 30.3 Å². The number of hydrogen-bond acceptors (Lipinski definition) is 5. The van der Waals surface area contributed by atoms with Gasteiger partial charge in [0.15, 0.2) is 0 Å². The molecule has 3 aliphatic heterocycles. The summed E-state index contributed by atoms with van der Waals surface area (Å²) in [4.78, 5) is 30.8. The summed E-state index contributed by atoms with van der Waals surface area (Å²) in [6.07, 6.45) is 4.10. The molecule has 0 aliphatic carbocycles. The predicted octanol–water partition coefficient (Wildman–Crippen LogP) is 2.40. The van der Waals surface area contributed by atoms with Crippen LogP contribution in [0.4, 0.5) is 11.4 Å². The minimum Gasteiger partial charge on any atom is -0.326 e. The van der Waals surface area contributed by atoms with E-state index in [0.717, 1.165) is 25.3 Å². The molecule has 3 fully saturated rings. The van der Waals surface area contributed by atoms with Gasteiger partial charge in [0, 0.05) is 43.9 Å². The number of piperidine rings is 1. The van der Waals surface area contributed by atoms with E-state index >= 15 is 0 Å². The zero-order chi connectivity index (χ0) is 19.5. The molecule has 28 heavy (non-hydrogen) atoms. The van der Waals surface area contributed by atoms with Gasteiger partial charge in [-0.05, 0) is 43.2 Å². The summed E-state index contributed by atoms with van der Waals surface area (Å²) < 4.78 is 0. The summed E-state index contributed by atoms with van der Waals surface area (Å²) in [5, 5.41) is 9.18. The molecule has 2 amide bonds. The molecule has 0 saturated carbocycles. The lowest BCUT2D eigenvalue weighted by atomic mass is 10.1. The molecule has 7 heteroatoms. The normalized spacial score (nSPS) is 23.7. The fraction of sp³-hybridized carbons (Fsp3) is 0.381. The second-order valence-corrected chi connectivity index (χ2v) is 7.42. The molecular formula is C21H25N5O2. The quantitative estimate of drug-likeness (QED) is 0.759. The van der Waals surface area contributed by atoms with Crippen LogP contribution in [0, 0.1) is 0 Å². The molecule has 7 nitrogen and oxygen atoms in total. The molecule has 2 bridgehead atoms. The summed E-state index contributed by atoms with van der Waals surface area (Å²) in [6, 6.07) is 11.7. The van der Waals surface area contributed by atoms with Crippen LogP contribution in [0.3, 0.4) is 0 Å². The first-order chi connectivity index (χ1) is 13.6. The van der Waals surface area contributed by atoms with Crippen LogP contribution in [0.2, 0.25) is 0 Å². The number of hydrogen-bond donors (Lipinski definition) is 3. The molecule has 3 N–H and O–H groups in total. The topological polar surface area (TPSA) is 86.4 Å². The van der Waals surface area contributed by atoms with Crippen LogP contribution in [0.5, 0.6) is 0 Å². The Labute approximate surface area is 164 Å². The van der Waals surface area contributed by atoms with Crippen LogP contribution in [0.15, 0.2) is 42.6 Å². The number of carbonyl (C=O) groups is 2. The third-order valence-electron chi connectivity index (χ3n) is 5.40. The van der Waals surface area contributed by atoms with Gasteiger partial charge in [-0.25, -0.2) is 0 Å². The van der Waals surface area contributed by atoms with Crippen LogP contribution in [-0.4, -0.2) is 47.4 Å². The van der Waals surface area contributed by atoms with Gasteiger partial charge in [0.1, 0.15) is 0 Å². The second-order valence-electron chi connectivity index (χ2n) is 7.42. The van der Waals surface area contributed by atoms with Crippen molar-refractivity contribution in [1.29, 1.82) is 0 Å². The lowest BCUT2D eigenvalue weighted by molar-refractivity contribution is -0.114. The maximum absolute atomic E-state index is 12.5. The van der Waals surface area contributed by atoms with E-state index in [1.165, 1.54) is 19.8 Å². The lowest BCUT2D eigenvalue weighted by Gasteiger charge is -2.31. The molecule has 1 unspecified atom stereocenters. The van der Waals surface area contributed by atoms with E-state index in [0.29, 0.717) is 23.0 Å². The minimum atomic E-state index is -0.236. The fourth-order valence-corrected chi connectivity index (χ4v) is 3.94. The smallest absolute Gasteiger partial charge is 0.255 e. The maximum atomic E-state index is 12.5. The molecule has 3 saturated heterocycles. The Hall–Kier alpha value is -2.77. The number of fused-ring (bicyclic) bond motifs is 4. The van der Waals surface area contributed by atoms with E-state index in [-0.39, 0.29) is 17.9 Å². The summed E-state index contributed by atoms with van der Waals surface area (Å²) in [7, 11) is 0. The Bertz CT molecular complexity index is 859. The van der Waals surface area contributed by atoms with E-state index in [4.69, 9.17) is 0 Å². The van der Waals surface area contributed by atoms with Crippen LogP contribution in [0.1, 0.15) is 41.9 Å². The van der Waals surface area contributed by atoms with Gasteiger partial charge in [0.2, 0.25) is 5.91 Å². The van der Waals surface area contributed by atoms with Crippen LogP contribution >= 0.6 is 0 Å². The SMILES string of the molecule is CC(=O)Nc1cccc(C(=O)Nc2ccc(C3CNC4CCN3CC4)nc2)c1. The fourth-order valence-electron chi connectivity index (χ4n) is 3.94. The summed E-state index contributed by atoms with van der Waals surface area (Å²) >= 11 is 0. The Kier molecular flexibility index (Phi) is 5.36. The van der Waals surface area contributed by atoms with Gasteiger partial charge in [-0.2, -0.15) is 0 Å². The Morgan fingerprint density at radius 1 is 1.11 bits per heavy atom. The molecule has 146 valence electrons. The molecule has 2 aromatic rings. The van der Waals surface area contributed by atoms with Crippen molar-refractivity contribution in [1.82, 2.24) is 15.2 Å². The first-order valence-electron chi connectivity index (χ1n) is 9.71. The van der Waals surface area contributed by atoms with Crippen molar-refractivity contribution in [2.45, 2.75) is 31.8 Å².